The Morgan fingerprint density at radius 3 is 2.80 bits per heavy atom. The number of nitrogens with two attached hydrogens (primary N) is 1. The van der Waals surface area contributed by atoms with Gasteiger partial charge in [0.25, 0.3) is 11.8 Å². The van der Waals surface area contributed by atoms with Crippen LogP contribution in [0.4, 0.5) is 8.78 Å². The number of rotatable bonds is 5. The maximum Gasteiger partial charge on any atom is 0.329 e. The van der Waals surface area contributed by atoms with Gasteiger partial charge >= 0.3 is 5.92 Å². The van der Waals surface area contributed by atoms with E-state index in [4.69, 9.17) is 15.2 Å². The Bertz CT molecular complexity index is 855. The lowest BCUT2D eigenvalue weighted by Gasteiger charge is -2.17. The first-order valence-corrected chi connectivity index (χ1v) is 8.21. The summed E-state index contributed by atoms with van der Waals surface area (Å²) in [5, 5.41) is 3.87. The van der Waals surface area contributed by atoms with Crippen LogP contribution >= 0.6 is 11.3 Å². The number of aromatic nitrogens is 1. The predicted molar refractivity (Wildman–Crippen MR) is 86.2 cm³/mol. The van der Waals surface area contributed by atoms with Gasteiger partial charge in [-0.3, -0.25) is 9.59 Å². The summed E-state index contributed by atoms with van der Waals surface area (Å²) in [4.78, 5) is 26.9. The molecule has 2 atom stereocenters. The molecule has 0 aromatic carbocycles. The molecular weight excluding hydrogens is 356 g/mol. The third-order valence-electron chi connectivity index (χ3n) is 4.15. The Kier molecular flexibility index (Phi) is 4.23. The van der Waals surface area contributed by atoms with Gasteiger partial charge in [-0.2, -0.15) is 8.78 Å². The van der Waals surface area contributed by atoms with Gasteiger partial charge in [0, 0.05) is 5.38 Å². The fraction of sp³-hybridized carbons (Fsp3) is 0.400. The van der Waals surface area contributed by atoms with Crippen molar-refractivity contribution >= 4 is 33.4 Å². The van der Waals surface area contributed by atoms with E-state index >= 15 is 0 Å². The molecule has 3 rings (SSSR count). The molecule has 2 aromatic rings. The zero-order valence-electron chi connectivity index (χ0n) is 13.3. The normalized spacial score (nSPS) is 22.0. The summed E-state index contributed by atoms with van der Waals surface area (Å²) in [5.41, 5.74) is 5.85. The molecule has 0 spiro atoms. The van der Waals surface area contributed by atoms with Crippen LogP contribution in [-0.2, 0) is 4.79 Å². The number of pyridine rings is 1. The minimum absolute atomic E-state index is 0.0531. The molecule has 1 unspecified atom stereocenters. The quantitative estimate of drug-likeness (QED) is 0.830. The number of carbonyl (C=O) groups is 2. The molecule has 25 heavy (non-hydrogen) atoms. The van der Waals surface area contributed by atoms with Crippen LogP contribution in [0.1, 0.15) is 17.3 Å². The fourth-order valence-corrected chi connectivity index (χ4v) is 3.42. The van der Waals surface area contributed by atoms with Crippen LogP contribution in [0.25, 0.3) is 10.2 Å². The lowest BCUT2D eigenvalue weighted by atomic mass is 10.0. The summed E-state index contributed by atoms with van der Waals surface area (Å²) in [6.45, 7) is 1.16. The van der Waals surface area contributed by atoms with Crippen molar-refractivity contribution in [2.45, 2.75) is 18.9 Å². The first-order chi connectivity index (χ1) is 11.8. The van der Waals surface area contributed by atoms with E-state index in [1.165, 1.54) is 31.4 Å². The summed E-state index contributed by atoms with van der Waals surface area (Å²) < 4.78 is 38.4. The monoisotopic (exact) mass is 371 g/mol. The van der Waals surface area contributed by atoms with Crippen molar-refractivity contribution in [2.24, 2.45) is 11.7 Å². The largest absolute Gasteiger partial charge is 0.488 e. The van der Waals surface area contributed by atoms with E-state index in [2.05, 4.69) is 10.3 Å². The van der Waals surface area contributed by atoms with Gasteiger partial charge in [0.1, 0.15) is 17.7 Å². The van der Waals surface area contributed by atoms with Gasteiger partial charge in [-0.05, 0) is 6.07 Å². The molecule has 2 aromatic heterocycles. The lowest BCUT2D eigenvalue weighted by Crippen LogP contribution is -2.34. The fourth-order valence-electron chi connectivity index (χ4n) is 2.57. The third-order valence-corrected chi connectivity index (χ3v) is 5.05. The number of fused-ring (bicyclic) bond motifs is 1. The van der Waals surface area contributed by atoms with Crippen LogP contribution in [0.5, 0.6) is 11.6 Å². The molecular formula is C15H15F2N3O4S. The van der Waals surface area contributed by atoms with E-state index in [0.29, 0.717) is 16.0 Å². The van der Waals surface area contributed by atoms with Gasteiger partial charge in [0.05, 0.1) is 23.8 Å². The summed E-state index contributed by atoms with van der Waals surface area (Å²) >= 11 is 1.26. The van der Waals surface area contributed by atoms with Crippen LogP contribution in [0.3, 0.4) is 0 Å². The molecule has 0 aliphatic carbocycles. The smallest absolute Gasteiger partial charge is 0.329 e. The summed E-state index contributed by atoms with van der Waals surface area (Å²) in [6.07, 6.45) is 0. The third kappa shape index (κ3) is 2.86. The van der Waals surface area contributed by atoms with Gasteiger partial charge in [-0.25, -0.2) is 4.98 Å². The van der Waals surface area contributed by atoms with Crippen molar-refractivity contribution in [3.8, 4) is 11.6 Å². The minimum atomic E-state index is -3.41. The number of alkyl halides is 2. The van der Waals surface area contributed by atoms with Crippen LogP contribution in [-0.4, -0.2) is 42.5 Å². The van der Waals surface area contributed by atoms with Gasteiger partial charge < -0.3 is 20.5 Å². The number of thiophene rings is 1. The highest BCUT2D eigenvalue weighted by molar-refractivity contribution is 7.17. The van der Waals surface area contributed by atoms with Gasteiger partial charge in [-0.1, -0.05) is 6.92 Å². The molecule has 134 valence electrons. The lowest BCUT2D eigenvalue weighted by molar-refractivity contribution is -0.143. The van der Waals surface area contributed by atoms with E-state index in [0.717, 1.165) is 0 Å². The highest BCUT2D eigenvalue weighted by Gasteiger charge is 2.55. The molecule has 3 N–H and O–H groups in total. The second-order valence-corrected chi connectivity index (χ2v) is 6.57. The van der Waals surface area contributed by atoms with Crippen molar-refractivity contribution in [3.05, 3.63) is 17.0 Å². The van der Waals surface area contributed by atoms with E-state index in [9.17, 15) is 18.4 Å². The number of hydrogen-bond donors (Lipinski definition) is 2. The maximum atomic E-state index is 13.6. The number of carbonyl (C=O) groups excluding carboxylic acids is 2. The zero-order valence-corrected chi connectivity index (χ0v) is 14.2. The van der Waals surface area contributed by atoms with E-state index in [1.54, 1.807) is 5.38 Å². The van der Waals surface area contributed by atoms with E-state index < -0.39 is 29.7 Å². The Morgan fingerprint density at radius 1 is 1.52 bits per heavy atom. The molecule has 1 saturated heterocycles. The zero-order chi connectivity index (χ0) is 18.4. The number of nitrogens with zero attached hydrogens (tertiary/aromatic N) is 1. The average Bonchev–Trinajstić information content (AvgIpc) is 3.05. The summed E-state index contributed by atoms with van der Waals surface area (Å²) in [5.74, 6) is -6.17. The van der Waals surface area contributed by atoms with Crippen molar-refractivity contribution in [3.63, 3.8) is 0 Å². The second kappa shape index (κ2) is 6.10. The van der Waals surface area contributed by atoms with Crippen molar-refractivity contribution in [1.82, 2.24) is 10.3 Å². The van der Waals surface area contributed by atoms with Crippen LogP contribution in [0, 0.1) is 5.92 Å². The van der Waals surface area contributed by atoms with Gasteiger partial charge in [-0.15, -0.1) is 11.3 Å². The van der Waals surface area contributed by atoms with E-state index in [-0.39, 0.29) is 18.1 Å². The number of primary amides is 1. The van der Waals surface area contributed by atoms with Gasteiger partial charge in [0.2, 0.25) is 5.88 Å². The average molecular weight is 371 g/mol. The first-order valence-electron chi connectivity index (χ1n) is 7.33. The van der Waals surface area contributed by atoms with Crippen LogP contribution < -0.4 is 20.5 Å². The molecule has 1 fully saturated rings. The Balaban J connectivity index is 1.83. The highest BCUT2D eigenvalue weighted by Crippen LogP contribution is 2.36. The molecule has 10 heteroatoms. The van der Waals surface area contributed by atoms with Gasteiger partial charge in [0.15, 0.2) is 5.75 Å². The standard InChI is InChI=1S/C15H15F2N3O4S/c1-6-8(19-14(22)15(6,16)17)4-24-9-5-25-10-3-7(12(18)21)13(23-2)20-11(9)10/h3,5-6,8H,4H2,1-2H3,(H2,18,21)(H,19,22)/t6-,8?/m0/s1. The SMILES string of the molecule is COc1nc2c(OCC3NC(=O)C(F)(F)[C@H]3C)csc2cc1C(N)=O. The summed E-state index contributed by atoms with van der Waals surface area (Å²) in [6, 6.07) is 0.721. The Labute approximate surface area is 145 Å². The maximum absolute atomic E-state index is 13.6. The van der Waals surface area contributed by atoms with E-state index in [1.807, 2.05) is 0 Å². The molecule has 0 saturated carbocycles. The number of nitrogens with one attached hydrogen (secondary N) is 1. The number of methoxy groups -OCH3 is 1. The second-order valence-electron chi connectivity index (χ2n) is 5.66. The number of hydrogen-bond acceptors (Lipinski definition) is 6. The Hall–Kier alpha value is -2.49. The highest BCUT2D eigenvalue weighted by atomic mass is 32.1. The topological polar surface area (TPSA) is 104 Å². The number of ether oxygens (including phenoxy) is 2. The molecule has 1 aliphatic rings. The number of amides is 2. The molecule has 1 aliphatic heterocycles. The molecule has 3 heterocycles. The minimum Gasteiger partial charge on any atom is -0.488 e. The van der Waals surface area contributed by atoms with Crippen molar-refractivity contribution in [1.29, 1.82) is 0 Å². The Morgan fingerprint density at radius 2 is 2.24 bits per heavy atom. The molecule has 7 nitrogen and oxygen atoms in total. The molecule has 2 amide bonds. The molecule has 0 radical (unpaired) electrons. The van der Waals surface area contributed by atoms with Crippen molar-refractivity contribution < 1.29 is 27.8 Å². The van der Waals surface area contributed by atoms with Crippen LogP contribution in [0.2, 0.25) is 0 Å². The van der Waals surface area contributed by atoms with Crippen LogP contribution in [0.15, 0.2) is 11.4 Å². The molecule has 0 bridgehead atoms. The number of halogens is 2. The predicted octanol–water partition coefficient (Wildman–Crippen LogP) is 1.55. The summed E-state index contributed by atoms with van der Waals surface area (Å²) in [7, 11) is 1.35. The van der Waals surface area contributed by atoms with Crippen molar-refractivity contribution in [2.75, 3.05) is 13.7 Å². The first kappa shape index (κ1) is 17.3.